The first-order valence-corrected chi connectivity index (χ1v) is 21.1. The lowest BCUT2D eigenvalue weighted by Crippen LogP contribution is -2.68. The van der Waals surface area contributed by atoms with Crippen molar-refractivity contribution in [2.24, 2.45) is 56.2 Å². The molecule has 0 aromatic heterocycles. The Kier molecular flexibility index (Phi) is 9.55. The van der Waals surface area contributed by atoms with Crippen LogP contribution in [0.3, 0.4) is 0 Å². The van der Waals surface area contributed by atoms with Crippen LogP contribution in [0.1, 0.15) is 159 Å². The van der Waals surface area contributed by atoms with Gasteiger partial charge in [0.1, 0.15) is 5.60 Å². The monoisotopic (exact) mass is 742 g/mol. The van der Waals surface area contributed by atoms with Crippen molar-refractivity contribution in [3.8, 4) is 11.8 Å². The third-order valence-electron chi connectivity index (χ3n) is 17.0. The smallest absolute Gasteiger partial charge is 0.339 e. The Hall–Kier alpha value is -3.58. The first-order valence-electron chi connectivity index (χ1n) is 21.1. The summed E-state index contributed by atoms with van der Waals surface area (Å²) in [7, 11) is 1.44. The summed E-state index contributed by atoms with van der Waals surface area (Å²) < 4.78 is 10.8. The van der Waals surface area contributed by atoms with Crippen LogP contribution in [0.2, 0.25) is 0 Å². The van der Waals surface area contributed by atoms with Crippen LogP contribution >= 0.6 is 0 Å². The molecule has 0 unspecified atom stereocenters. The molecule has 7 rings (SSSR count). The number of methoxy groups -OCH3 is 1. The number of esters is 2. The third kappa shape index (κ3) is 5.91. The zero-order valence-electron chi connectivity index (χ0n) is 35.7. The number of ether oxygens (including phenoxy) is 2. The van der Waals surface area contributed by atoms with Gasteiger partial charge < -0.3 is 9.47 Å². The van der Waals surface area contributed by atoms with E-state index in [-0.39, 0.29) is 44.4 Å². The van der Waals surface area contributed by atoms with E-state index in [0.717, 1.165) is 31.2 Å². The van der Waals surface area contributed by atoms with E-state index < -0.39 is 5.60 Å². The molecule has 5 aliphatic carbocycles. The molecule has 5 aliphatic rings. The Morgan fingerprint density at radius 3 is 2.11 bits per heavy atom. The molecular weight excluding hydrogens is 677 g/mol. The van der Waals surface area contributed by atoms with Gasteiger partial charge in [-0.3, -0.25) is 0 Å². The summed E-state index contributed by atoms with van der Waals surface area (Å²) in [6.45, 7) is 28.3. The number of benzene rings is 2. The van der Waals surface area contributed by atoms with Crippen molar-refractivity contribution in [3.63, 3.8) is 0 Å². The molecule has 0 N–H and O–H groups in total. The molecule has 9 atom stereocenters. The minimum absolute atomic E-state index is 0.00226. The maximum absolute atomic E-state index is 12.8. The van der Waals surface area contributed by atoms with E-state index in [1.165, 1.54) is 55.9 Å². The van der Waals surface area contributed by atoms with Crippen LogP contribution < -0.4 is 0 Å². The Labute approximate surface area is 332 Å². The number of hydrogen-bond donors (Lipinski definition) is 0. The Balaban J connectivity index is 1.22. The second kappa shape index (κ2) is 13.2. The molecule has 0 bridgehead atoms. The summed E-state index contributed by atoms with van der Waals surface area (Å²) in [5, 5.41) is 0. The first kappa shape index (κ1) is 39.6. The molecule has 0 radical (unpaired) electrons. The second-order valence-corrected chi connectivity index (χ2v) is 20.9. The summed E-state index contributed by atoms with van der Waals surface area (Å²) >= 11 is 0. The van der Waals surface area contributed by atoms with Crippen molar-refractivity contribution in [2.45, 2.75) is 133 Å². The highest BCUT2D eigenvalue weighted by Crippen LogP contribution is 2.81. The van der Waals surface area contributed by atoms with Crippen LogP contribution in [0.15, 0.2) is 66.8 Å². The van der Waals surface area contributed by atoms with E-state index in [9.17, 15) is 9.59 Å². The van der Waals surface area contributed by atoms with Crippen molar-refractivity contribution in [3.05, 3.63) is 89.0 Å². The molecule has 4 saturated carbocycles. The molecule has 0 heterocycles. The van der Waals surface area contributed by atoms with Crippen molar-refractivity contribution in [1.82, 2.24) is 0 Å². The van der Waals surface area contributed by atoms with Crippen molar-refractivity contribution < 1.29 is 19.1 Å². The fraction of sp³-hybridized carbons (Fsp3) is 0.608. The van der Waals surface area contributed by atoms with Crippen LogP contribution in [0, 0.1) is 68.0 Å². The van der Waals surface area contributed by atoms with Gasteiger partial charge in [0.05, 0.1) is 18.2 Å². The van der Waals surface area contributed by atoms with Gasteiger partial charge in [0, 0.05) is 11.0 Å². The van der Waals surface area contributed by atoms with E-state index in [0.29, 0.717) is 34.8 Å². The molecule has 0 saturated heterocycles. The highest BCUT2D eigenvalue weighted by Gasteiger charge is 2.74. The Morgan fingerprint density at radius 1 is 0.800 bits per heavy atom. The van der Waals surface area contributed by atoms with Gasteiger partial charge in [-0.1, -0.05) is 95.9 Å². The van der Waals surface area contributed by atoms with Crippen LogP contribution in [0.25, 0.3) is 5.57 Å². The average Bonchev–Trinajstić information content (AvgIpc) is 3.52. The molecule has 2 aromatic rings. The van der Waals surface area contributed by atoms with Crippen LogP contribution in [-0.2, 0) is 9.47 Å². The average molecular weight is 743 g/mol. The lowest BCUT2D eigenvalue weighted by molar-refractivity contribution is -0.258. The number of carbonyl (C=O) groups excluding carboxylic acids is 2. The molecule has 294 valence electrons. The molecule has 0 spiro atoms. The van der Waals surface area contributed by atoms with Gasteiger partial charge >= 0.3 is 11.9 Å². The van der Waals surface area contributed by atoms with E-state index in [1.54, 1.807) is 0 Å². The zero-order chi connectivity index (χ0) is 40.0. The molecule has 55 heavy (non-hydrogen) atoms. The molecule has 4 nitrogen and oxygen atoms in total. The van der Waals surface area contributed by atoms with E-state index >= 15 is 0 Å². The molecule has 4 fully saturated rings. The summed E-state index contributed by atoms with van der Waals surface area (Å²) in [6, 6.07) is 15.8. The van der Waals surface area contributed by atoms with Crippen LogP contribution in [-0.4, -0.2) is 24.6 Å². The number of rotatable bonds is 4. The summed E-state index contributed by atoms with van der Waals surface area (Å²) in [4.78, 5) is 25.5. The first-order chi connectivity index (χ1) is 25.7. The van der Waals surface area contributed by atoms with Gasteiger partial charge in [0.15, 0.2) is 0 Å². The maximum atomic E-state index is 12.8. The second-order valence-electron chi connectivity index (χ2n) is 20.9. The van der Waals surface area contributed by atoms with E-state index in [2.05, 4.69) is 85.1 Å². The standard InChI is InChI=1S/C51H66O4/c1-33(2)37-22-30-51(29-21-34-15-13-14-16-38(34)44(53)54-12)32-31-50(11)48(9)27-24-40-46(6,7)39(35-17-19-36(20-18-35)43(52)55-45(3,4)5)23-26-47(40,8)41(48)25-28-49(50,10)42(37)51/h13-20,23,37,40-42H,1,22,24-28,30-32H2,2-12H3/t37-,40-,41+,42+,47-,48+,49+,50-,51+/m0/s1. The third-order valence-corrected chi connectivity index (χ3v) is 17.0. The van der Waals surface area contributed by atoms with Gasteiger partial charge in [-0.05, 0) is 172 Å². The molecule has 0 amide bonds. The number of carbonyl (C=O) groups is 2. The fourth-order valence-electron chi connectivity index (χ4n) is 14.3. The lowest BCUT2D eigenvalue weighted by Gasteiger charge is -2.75. The highest BCUT2D eigenvalue weighted by atomic mass is 16.6. The molecular formula is C51H66O4. The number of allylic oxidation sites excluding steroid dienone is 3. The van der Waals surface area contributed by atoms with Crippen LogP contribution in [0.4, 0.5) is 0 Å². The molecule has 0 aliphatic heterocycles. The van der Waals surface area contributed by atoms with E-state index in [4.69, 9.17) is 9.47 Å². The van der Waals surface area contributed by atoms with Gasteiger partial charge in [-0.2, -0.15) is 0 Å². The SMILES string of the molecule is C=C(C)[C@@H]1CC[C@]2(C#Cc3ccccc3C(=O)OC)CC[C@@]3(C)[C@]4(C)CC[C@H]5C(C)(C)C(c6ccc(C(=O)OC(C)(C)C)cc6)=CC[C@]5(C)[C@H]4CC[C@]3(C)[C@@H]12. The van der Waals surface area contributed by atoms with Gasteiger partial charge in [-0.25, -0.2) is 9.59 Å². The fourth-order valence-corrected chi connectivity index (χ4v) is 14.3. The van der Waals surface area contributed by atoms with Crippen LogP contribution in [0.5, 0.6) is 0 Å². The Bertz CT molecular complexity index is 1980. The van der Waals surface area contributed by atoms with E-state index in [1.807, 2.05) is 57.2 Å². The van der Waals surface area contributed by atoms with Gasteiger partial charge in [0.2, 0.25) is 0 Å². The minimum atomic E-state index is -0.519. The highest BCUT2D eigenvalue weighted by molar-refractivity contribution is 5.92. The molecule has 2 aromatic carbocycles. The topological polar surface area (TPSA) is 52.6 Å². The predicted molar refractivity (Wildman–Crippen MR) is 223 cm³/mol. The summed E-state index contributed by atoms with van der Waals surface area (Å²) in [6.07, 6.45) is 13.1. The van der Waals surface area contributed by atoms with Crippen molar-refractivity contribution in [2.75, 3.05) is 7.11 Å². The normalized spacial score (nSPS) is 37.4. The Morgan fingerprint density at radius 2 is 1.45 bits per heavy atom. The number of fused-ring (bicyclic) bond motifs is 7. The lowest BCUT2D eigenvalue weighted by atomic mass is 9.29. The minimum Gasteiger partial charge on any atom is -0.465 e. The maximum Gasteiger partial charge on any atom is 0.339 e. The van der Waals surface area contributed by atoms with Crippen molar-refractivity contribution >= 4 is 17.5 Å². The van der Waals surface area contributed by atoms with Crippen molar-refractivity contribution in [1.29, 1.82) is 0 Å². The largest absolute Gasteiger partial charge is 0.465 e. The quantitative estimate of drug-likeness (QED) is 0.178. The van der Waals surface area contributed by atoms with Gasteiger partial charge in [0.25, 0.3) is 0 Å². The number of hydrogen-bond acceptors (Lipinski definition) is 4. The summed E-state index contributed by atoms with van der Waals surface area (Å²) in [5.74, 6) is 9.00. The van der Waals surface area contributed by atoms with Gasteiger partial charge in [-0.15, -0.1) is 0 Å². The predicted octanol–water partition coefficient (Wildman–Crippen LogP) is 12.5. The summed E-state index contributed by atoms with van der Waals surface area (Å²) in [5.41, 5.74) is 5.91. The molecule has 4 heteroatoms. The zero-order valence-corrected chi connectivity index (χ0v) is 35.7.